The molecule has 1 aliphatic carbocycles. The van der Waals surface area contributed by atoms with Gasteiger partial charge in [-0.1, -0.05) is 20.8 Å². The molecule has 3 nitrogen and oxygen atoms in total. The van der Waals surface area contributed by atoms with Crippen LogP contribution in [0.15, 0.2) is 0 Å². The summed E-state index contributed by atoms with van der Waals surface area (Å²) in [4.78, 5) is 11.5. The monoisotopic (exact) mass is 228 g/mol. The molecule has 0 aromatic carbocycles. The standard InChI is InChI=1S/C13H24O3/c1-9(2)12(4,16)8-13(11(14)15)6-5-10(3)7-13/h9-10,16H,5-8H2,1-4H3,(H,14,15). The summed E-state index contributed by atoms with van der Waals surface area (Å²) in [5.41, 5.74) is -1.59. The average Bonchev–Trinajstić information content (AvgIpc) is 2.47. The molecule has 94 valence electrons. The van der Waals surface area contributed by atoms with Crippen molar-refractivity contribution in [1.82, 2.24) is 0 Å². The molecule has 0 bridgehead atoms. The van der Waals surface area contributed by atoms with E-state index in [2.05, 4.69) is 6.92 Å². The molecular weight excluding hydrogens is 204 g/mol. The topological polar surface area (TPSA) is 57.5 Å². The Kier molecular flexibility index (Phi) is 3.68. The van der Waals surface area contributed by atoms with Crippen molar-refractivity contribution in [3.8, 4) is 0 Å². The van der Waals surface area contributed by atoms with Gasteiger partial charge in [0.15, 0.2) is 0 Å². The third-order valence-corrected chi connectivity index (χ3v) is 4.25. The van der Waals surface area contributed by atoms with E-state index < -0.39 is 17.0 Å². The zero-order chi connectivity index (χ0) is 12.6. The molecule has 0 amide bonds. The van der Waals surface area contributed by atoms with Crippen LogP contribution in [0.2, 0.25) is 0 Å². The molecule has 1 aliphatic rings. The Morgan fingerprint density at radius 2 is 2.12 bits per heavy atom. The minimum Gasteiger partial charge on any atom is -0.481 e. The smallest absolute Gasteiger partial charge is 0.309 e. The molecule has 3 unspecified atom stereocenters. The maximum atomic E-state index is 11.5. The van der Waals surface area contributed by atoms with Gasteiger partial charge in [0, 0.05) is 0 Å². The summed E-state index contributed by atoms with van der Waals surface area (Å²) in [6, 6.07) is 0. The SMILES string of the molecule is CC1CCC(CC(C)(O)C(C)C)(C(=O)O)C1. The van der Waals surface area contributed by atoms with Crippen LogP contribution in [0, 0.1) is 17.3 Å². The molecular formula is C13H24O3. The van der Waals surface area contributed by atoms with E-state index in [4.69, 9.17) is 0 Å². The number of carboxylic acid groups (broad SMARTS) is 1. The number of rotatable bonds is 4. The van der Waals surface area contributed by atoms with Gasteiger partial charge in [-0.2, -0.15) is 0 Å². The second-order valence-corrected chi connectivity index (χ2v) is 6.12. The zero-order valence-corrected chi connectivity index (χ0v) is 10.8. The van der Waals surface area contributed by atoms with Gasteiger partial charge in [-0.3, -0.25) is 4.79 Å². The quantitative estimate of drug-likeness (QED) is 0.777. The lowest BCUT2D eigenvalue weighted by molar-refractivity contribution is -0.154. The molecule has 0 aromatic heterocycles. The molecule has 0 spiro atoms. The van der Waals surface area contributed by atoms with Crippen LogP contribution >= 0.6 is 0 Å². The number of carbonyl (C=O) groups is 1. The third kappa shape index (κ3) is 2.57. The van der Waals surface area contributed by atoms with Gasteiger partial charge in [-0.25, -0.2) is 0 Å². The summed E-state index contributed by atoms with van der Waals surface area (Å²) >= 11 is 0. The van der Waals surface area contributed by atoms with Gasteiger partial charge >= 0.3 is 5.97 Å². The van der Waals surface area contributed by atoms with Crippen LogP contribution in [-0.4, -0.2) is 21.8 Å². The Balaban J connectivity index is 2.85. The lowest BCUT2D eigenvalue weighted by Gasteiger charge is -2.36. The van der Waals surface area contributed by atoms with Gasteiger partial charge in [0.25, 0.3) is 0 Å². The average molecular weight is 228 g/mol. The summed E-state index contributed by atoms with van der Waals surface area (Å²) in [7, 11) is 0. The van der Waals surface area contributed by atoms with Crippen molar-refractivity contribution in [1.29, 1.82) is 0 Å². The van der Waals surface area contributed by atoms with Crippen molar-refractivity contribution >= 4 is 5.97 Å². The van der Waals surface area contributed by atoms with Crippen molar-refractivity contribution in [3.63, 3.8) is 0 Å². The molecule has 16 heavy (non-hydrogen) atoms. The zero-order valence-electron chi connectivity index (χ0n) is 10.8. The number of aliphatic carboxylic acids is 1. The van der Waals surface area contributed by atoms with Gasteiger partial charge in [-0.15, -0.1) is 0 Å². The van der Waals surface area contributed by atoms with E-state index in [0.29, 0.717) is 25.2 Å². The van der Waals surface area contributed by atoms with Gasteiger partial charge in [0.05, 0.1) is 11.0 Å². The fourth-order valence-corrected chi connectivity index (χ4v) is 2.71. The summed E-state index contributed by atoms with van der Waals surface area (Å²) in [6.45, 7) is 7.72. The Morgan fingerprint density at radius 1 is 1.56 bits per heavy atom. The molecule has 0 aliphatic heterocycles. The van der Waals surface area contributed by atoms with E-state index in [-0.39, 0.29) is 5.92 Å². The number of hydrogen-bond acceptors (Lipinski definition) is 2. The largest absolute Gasteiger partial charge is 0.481 e. The number of carboxylic acids is 1. The first-order valence-corrected chi connectivity index (χ1v) is 6.15. The van der Waals surface area contributed by atoms with Crippen LogP contribution in [0.1, 0.15) is 53.4 Å². The van der Waals surface area contributed by atoms with Crippen LogP contribution in [0.5, 0.6) is 0 Å². The fraction of sp³-hybridized carbons (Fsp3) is 0.923. The Bertz CT molecular complexity index is 270. The molecule has 3 atom stereocenters. The Labute approximate surface area is 97.9 Å². The molecule has 3 heteroatoms. The molecule has 1 rings (SSSR count). The predicted molar refractivity (Wildman–Crippen MR) is 63.2 cm³/mol. The molecule has 0 saturated heterocycles. The van der Waals surface area contributed by atoms with E-state index in [1.54, 1.807) is 6.92 Å². The van der Waals surface area contributed by atoms with E-state index in [1.807, 2.05) is 13.8 Å². The number of hydrogen-bond donors (Lipinski definition) is 2. The van der Waals surface area contributed by atoms with E-state index in [9.17, 15) is 15.0 Å². The van der Waals surface area contributed by atoms with Crippen LogP contribution in [0.3, 0.4) is 0 Å². The van der Waals surface area contributed by atoms with Crippen molar-refractivity contribution in [2.24, 2.45) is 17.3 Å². The highest BCUT2D eigenvalue weighted by molar-refractivity contribution is 5.75. The van der Waals surface area contributed by atoms with Crippen molar-refractivity contribution in [2.45, 2.75) is 59.0 Å². The maximum absolute atomic E-state index is 11.5. The summed E-state index contributed by atoms with van der Waals surface area (Å²) in [5.74, 6) is -0.198. The molecule has 1 saturated carbocycles. The minimum absolute atomic E-state index is 0.0830. The van der Waals surface area contributed by atoms with Gasteiger partial charge < -0.3 is 10.2 Å². The first-order valence-electron chi connectivity index (χ1n) is 6.15. The second-order valence-electron chi connectivity index (χ2n) is 6.12. The first-order chi connectivity index (χ1) is 7.19. The Hall–Kier alpha value is -0.570. The minimum atomic E-state index is -0.886. The van der Waals surface area contributed by atoms with Crippen LogP contribution in [0.25, 0.3) is 0 Å². The number of aliphatic hydroxyl groups is 1. The van der Waals surface area contributed by atoms with Gasteiger partial charge in [-0.05, 0) is 44.4 Å². The molecule has 0 radical (unpaired) electrons. The van der Waals surface area contributed by atoms with Crippen molar-refractivity contribution in [3.05, 3.63) is 0 Å². The second kappa shape index (κ2) is 4.36. The molecule has 0 heterocycles. The normalized spacial score (nSPS) is 34.0. The Morgan fingerprint density at radius 3 is 2.44 bits per heavy atom. The lowest BCUT2D eigenvalue weighted by Crippen LogP contribution is -2.41. The maximum Gasteiger partial charge on any atom is 0.309 e. The highest BCUT2D eigenvalue weighted by Gasteiger charge is 2.48. The van der Waals surface area contributed by atoms with Crippen molar-refractivity contribution in [2.75, 3.05) is 0 Å². The molecule has 2 N–H and O–H groups in total. The highest BCUT2D eigenvalue weighted by atomic mass is 16.4. The fourth-order valence-electron chi connectivity index (χ4n) is 2.71. The van der Waals surface area contributed by atoms with Gasteiger partial charge in [0.1, 0.15) is 0 Å². The van der Waals surface area contributed by atoms with Crippen LogP contribution in [0.4, 0.5) is 0 Å². The summed E-state index contributed by atoms with van der Waals surface area (Å²) < 4.78 is 0. The highest BCUT2D eigenvalue weighted by Crippen LogP contribution is 2.48. The van der Waals surface area contributed by atoms with Gasteiger partial charge in [0.2, 0.25) is 0 Å². The van der Waals surface area contributed by atoms with E-state index in [0.717, 1.165) is 6.42 Å². The van der Waals surface area contributed by atoms with E-state index >= 15 is 0 Å². The lowest BCUT2D eigenvalue weighted by atomic mass is 9.72. The predicted octanol–water partition coefficient (Wildman–Crippen LogP) is 2.67. The summed E-state index contributed by atoms with van der Waals surface area (Å²) in [6.07, 6.45) is 2.73. The van der Waals surface area contributed by atoms with Crippen LogP contribution in [-0.2, 0) is 4.79 Å². The summed E-state index contributed by atoms with van der Waals surface area (Å²) in [5, 5.41) is 19.7. The molecule has 0 aromatic rings. The van der Waals surface area contributed by atoms with E-state index in [1.165, 1.54) is 0 Å². The first kappa shape index (κ1) is 13.5. The van der Waals surface area contributed by atoms with Crippen molar-refractivity contribution < 1.29 is 15.0 Å². The molecule has 1 fully saturated rings. The third-order valence-electron chi connectivity index (χ3n) is 4.25. The van der Waals surface area contributed by atoms with Crippen LogP contribution < -0.4 is 0 Å².